The lowest BCUT2D eigenvalue weighted by molar-refractivity contribution is 0.0949. The average Bonchev–Trinajstić information content (AvgIpc) is 3.79. The molecule has 1 fully saturated rings. The van der Waals surface area contributed by atoms with Gasteiger partial charge < -0.3 is 10.2 Å². The fourth-order valence-corrected chi connectivity index (χ4v) is 7.15. The molecule has 0 unspecified atom stereocenters. The van der Waals surface area contributed by atoms with Crippen LogP contribution in [0.25, 0.3) is 37.3 Å². The molecule has 4 aromatic heterocycles. The number of anilines is 1. The summed E-state index contributed by atoms with van der Waals surface area (Å²) in [6.07, 6.45) is 4.00. The first-order chi connectivity index (χ1) is 20.6. The number of carbonyl (C=O) groups is 2. The van der Waals surface area contributed by atoms with Gasteiger partial charge in [0.1, 0.15) is 16.0 Å². The number of benzene rings is 2. The van der Waals surface area contributed by atoms with Crippen LogP contribution in [0.15, 0.2) is 77.0 Å². The first kappa shape index (κ1) is 26.4. The van der Waals surface area contributed by atoms with Crippen LogP contribution in [0.4, 0.5) is 5.13 Å². The molecule has 2 amide bonds. The van der Waals surface area contributed by atoms with Crippen LogP contribution in [0, 0.1) is 0 Å². The van der Waals surface area contributed by atoms with Crippen molar-refractivity contribution in [1.29, 1.82) is 0 Å². The Morgan fingerprint density at radius 3 is 2.67 bits per heavy atom. The zero-order valence-corrected chi connectivity index (χ0v) is 24.1. The summed E-state index contributed by atoms with van der Waals surface area (Å²) in [6.45, 7) is 3.34. The van der Waals surface area contributed by atoms with Gasteiger partial charge in [0, 0.05) is 35.8 Å². The molecule has 0 atom stereocenters. The fourth-order valence-electron chi connectivity index (χ4n) is 5.45. The van der Waals surface area contributed by atoms with Gasteiger partial charge in [-0.3, -0.25) is 24.1 Å². The van der Waals surface area contributed by atoms with Gasteiger partial charge >= 0.3 is 0 Å². The highest BCUT2D eigenvalue weighted by atomic mass is 32.1. The Morgan fingerprint density at radius 2 is 1.83 bits per heavy atom. The number of aromatic nitrogens is 3. The predicted octanol–water partition coefficient (Wildman–Crippen LogP) is 5.26. The summed E-state index contributed by atoms with van der Waals surface area (Å²) in [6, 6.07) is 18.5. The Bertz CT molecular complexity index is 2030. The Kier molecular flexibility index (Phi) is 6.98. The minimum Gasteiger partial charge on any atom is -0.351 e. The number of nitrogens with one attached hydrogen (secondary N) is 2. The fraction of sp³-hybridized carbons (Fsp3) is 0.194. The van der Waals surface area contributed by atoms with Gasteiger partial charge in [0.05, 0.1) is 21.3 Å². The minimum atomic E-state index is -0.367. The predicted molar refractivity (Wildman–Crippen MR) is 168 cm³/mol. The molecule has 0 aliphatic carbocycles. The van der Waals surface area contributed by atoms with Gasteiger partial charge in [0.2, 0.25) is 5.43 Å². The molecule has 1 saturated heterocycles. The monoisotopic (exact) mass is 594 g/mol. The highest BCUT2D eigenvalue weighted by Crippen LogP contribution is 2.32. The number of thiazole rings is 2. The van der Waals surface area contributed by atoms with Gasteiger partial charge in [-0.15, -0.1) is 22.7 Å². The molecule has 1 aliphatic heterocycles. The van der Waals surface area contributed by atoms with Crippen molar-refractivity contribution in [2.75, 3.05) is 31.5 Å². The zero-order chi connectivity index (χ0) is 28.6. The molecule has 5 heterocycles. The van der Waals surface area contributed by atoms with E-state index < -0.39 is 0 Å². The van der Waals surface area contributed by atoms with Crippen LogP contribution in [0.2, 0.25) is 0 Å². The maximum absolute atomic E-state index is 13.8. The van der Waals surface area contributed by atoms with Crippen molar-refractivity contribution in [2.24, 2.45) is 0 Å². The van der Waals surface area contributed by atoms with Crippen LogP contribution in [0.1, 0.15) is 33.6 Å². The van der Waals surface area contributed by atoms with Crippen molar-refractivity contribution in [2.45, 2.75) is 12.8 Å². The summed E-state index contributed by atoms with van der Waals surface area (Å²) >= 11 is 2.76. The number of likely N-dealkylation sites (tertiary alicyclic amines) is 1. The van der Waals surface area contributed by atoms with Crippen LogP contribution in [0.3, 0.4) is 0 Å². The molecule has 0 radical (unpaired) electrons. The summed E-state index contributed by atoms with van der Waals surface area (Å²) in [5.74, 6) is -0.636. The van der Waals surface area contributed by atoms with Gasteiger partial charge in [-0.05, 0) is 62.3 Å². The number of amides is 2. The van der Waals surface area contributed by atoms with Crippen LogP contribution < -0.4 is 16.1 Å². The van der Waals surface area contributed by atoms with Gasteiger partial charge in [0.25, 0.3) is 11.8 Å². The standard InChI is InChI=1S/C31H26N6O3S2/c38-26-21-10-11-22(19-6-5-7-20(18-19)28(39)35-31-33-13-17-41-31)34-27(21)37-23-8-1-2-9-24(23)42-30(37)25(26)29(40)32-12-16-36-14-3-4-15-36/h1-2,5-11,13,17-18H,3-4,12,14-16H2,(H,32,40)(H,33,35,39). The van der Waals surface area contributed by atoms with Crippen molar-refractivity contribution in [1.82, 2.24) is 24.6 Å². The largest absolute Gasteiger partial charge is 0.351 e. The third-order valence-corrected chi connectivity index (χ3v) is 9.33. The van der Waals surface area contributed by atoms with E-state index in [1.54, 1.807) is 41.9 Å². The normalized spacial score (nSPS) is 13.7. The third-order valence-electron chi connectivity index (χ3n) is 7.50. The van der Waals surface area contributed by atoms with Gasteiger partial charge in [-0.1, -0.05) is 24.3 Å². The number of nitrogens with zero attached hydrogens (tertiary/aromatic N) is 4. The molecule has 42 heavy (non-hydrogen) atoms. The molecular formula is C31H26N6O3S2. The summed E-state index contributed by atoms with van der Waals surface area (Å²) < 4.78 is 2.86. The molecule has 0 spiro atoms. The highest BCUT2D eigenvalue weighted by Gasteiger charge is 2.23. The van der Waals surface area contributed by atoms with Crippen molar-refractivity contribution in [3.8, 4) is 11.3 Å². The van der Waals surface area contributed by atoms with Crippen LogP contribution >= 0.6 is 22.7 Å². The molecule has 6 aromatic rings. The summed E-state index contributed by atoms with van der Waals surface area (Å²) in [7, 11) is 0. The second-order valence-electron chi connectivity index (χ2n) is 10.2. The first-order valence-corrected chi connectivity index (χ1v) is 15.5. The molecule has 0 bridgehead atoms. The van der Waals surface area contributed by atoms with E-state index in [1.165, 1.54) is 35.5 Å². The lowest BCUT2D eigenvalue weighted by Gasteiger charge is -2.15. The Hall–Kier alpha value is -4.45. The van der Waals surface area contributed by atoms with Crippen molar-refractivity contribution >= 4 is 65.7 Å². The third kappa shape index (κ3) is 4.85. The van der Waals surface area contributed by atoms with E-state index in [1.807, 2.05) is 34.7 Å². The van der Waals surface area contributed by atoms with E-state index in [2.05, 4.69) is 20.5 Å². The van der Waals surface area contributed by atoms with Gasteiger partial charge in [-0.25, -0.2) is 9.97 Å². The van der Waals surface area contributed by atoms with E-state index in [0.717, 1.165) is 35.4 Å². The van der Waals surface area contributed by atoms with E-state index in [4.69, 9.17) is 4.98 Å². The number of carbonyl (C=O) groups excluding carboxylic acids is 2. The number of rotatable bonds is 7. The molecule has 210 valence electrons. The zero-order valence-electron chi connectivity index (χ0n) is 22.5. The number of fused-ring (bicyclic) bond motifs is 5. The summed E-state index contributed by atoms with van der Waals surface area (Å²) in [5, 5.41) is 8.48. The lowest BCUT2D eigenvalue weighted by Crippen LogP contribution is -2.35. The SMILES string of the molecule is O=C(Nc1nccs1)c1cccc(-c2ccc3c(=O)c(C(=O)NCCN4CCCC4)c4sc5ccccc5n4c3n2)c1. The average molecular weight is 595 g/mol. The van der Waals surface area contributed by atoms with Gasteiger partial charge in [0.15, 0.2) is 5.13 Å². The molecule has 7 rings (SSSR count). The lowest BCUT2D eigenvalue weighted by atomic mass is 10.1. The Balaban J connectivity index is 1.31. The van der Waals surface area contributed by atoms with Crippen molar-refractivity contribution in [3.63, 3.8) is 0 Å². The van der Waals surface area contributed by atoms with Crippen molar-refractivity contribution in [3.05, 3.63) is 93.6 Å². The van der Waals surface area contributed by atoms with E-state index >= 15 is 0 Å². The first-order valence-electron chi connectivity index (χ1n) is 13.8. The van der Waals surface area contributed by atoms with E-state index in [-0.39, 0.29) is 22.8 Å². The highest BCUT2D eigenvalue weighted by molar-refractivity contribution is 7.24. The number of pyridine rings is 2. The van der Waals surface area contributed by atoms with Crippen LogP contribution in [0.5, 0.6) is 0 Å². The second-order valence-corrected chi connectivity index (χ2v) is 12.1. The minimum absolute atomic E-state index is 0.139. The molecule has 1 aliphatic rings. The van der Waals surface area contributed by atoms with Gasteiger partial charge in [-0.2, -0.15) is 0 Å². The molecule has 2 aromatic carbocycles. The summed E-state index contributed by atoms with van der Waals surface area (Å²) in [5.41, 5.74) is 2.94. The Labute approximate surface area is 248 Å². The number of hydrogen-bond acceptors (Lipinski definition) is 8. The maximum atomic E-state index is 13.8. The molecule has 11 heteroatoms. The molecule has 0 saturated carbocycles. The smallest absolute Gasteiger partial charge is 0.258 e. The molecule has 2 N–H and O–H groups in total. The molecular weight excluding hydrogens is 569 g/mol. The Morgan fingerprint density at radius 1 is 0.976 bits per heavy atom. The van der Waals surface area contributed by atoms with Crippen molar-refractivity contribution < 1.29 is 9.59 Å². The summed E-state index contributed by atoms with van der Waals surface area (Å²) in [4.78, 5) is 52.1. The quantitative estimate of drug-likeness (QED) is 0.261. The van der Waals surface area contributed by atoms with E-state index in [0.29, 0.717) is 38.8 Å². The maximum Gasteiger partial charge on any atom is 0.258 e. The topological polar surface area (TPSA) is 109 Å². The van der Waals surface area contributed by atoms with Crippen LogP contribution in [-0.4, -0.2) is 57.3 Å². The second kappa shape index (κ2) is 11.1. The van der Waals surface area contributed by atoms with E-state index in [9.17, 15) is 14.4 Å². The molecule has 9 nitrogen and oxygen atoms in total. The number of hydrogen-bond donors (Lipinski definition) is 2. The van der Waals surface area contributed by atoms with Crippen LogP contribution in [-0.2, 0) is 0 Å². The number of para-hydroxylation sites is 1.